The van der Waals surface area contributed by atoms with Gasteiger partial charge in [-0.25, -0.2) is 14.6 Å². The number of benzene rings is 1. The Kier molecular flexibility index (Phi) is 6.01. The Hall–Kier alpha value is -2.91. The first-order valence-corrected chi connectivity index (χ1v) is 10.7. The van der Waals surface area contributed by atoms with Crippen LogP contribution in [0, 0.1) is 6.92 Å². The van der Waals surface area contributed by atoms with Crippen molar-refractivity contribution in [3.63, 3.8) is 0 Å². The molecule has 1 aliphatic carbocycles. The monoisotopic (exact) mass is 442 g/mol. The number of amides is 2. The van der Waals surface area contributed by atoms with Crippen LogP contribution in [0.25, 0.3) is 5.82 Å². The van der Waals surface area contributed by atoms with E-state index >= 15 is 0 Å². The Morgan fingerprint density at radius 3 is 2.87 bits per heavy atom. The summed E-state index contributed by atoms with van der Waals surface area (Å²) < 4.78 is 1.52. The summed E-state index contributed by atoms with van der Waals surface area (Å²) in [5, 5.41) is 11.2. The highest BCUT2D eigenvalue weighted by atomic mass is 35.5. The molecule has 0 atom stereocenters. The van der Waals surface area contributed by atoms with Gasteiger partial charge in [-0.15, -0.1) is 0 Å². The van der Waals surface area contributed by atoms with Crippen molar-refractivity contribution in [2.75, 3.05) is 11.1 Å². The molecule has 0 spiro atoms. The minimum atomic E-state index is -0.187. The Morgan fingerprint density at radius 1 is 1.23 bits per heavy atom. The number of hydrogen-bond donors (Lipinski definition) is 2. The van der Waals surface area contributed by atoms with E-state index in [1.54, 1.807) is 30.5 Å². The van der Waals surface area contributed by atoms with E-state index in [0.717, 1.165) is 18.4 Å². The minimum absolute atomic E-state index is 0.163. The zero-order valence-corrected chi connectivity index (χ0v) is 17.7. The van der Waals surface area contributed by atoms with E-state index in [4.69, 9.17) is 11.6 Å². The second-order valence-corrected chi connectivity index (χ2v) is 8.34. The molecule has 154 valence electrons. The van der Waals surface area contributed by atoms with Gasteiger partial charge >= 0.3 is 0 Å². The van der Waals surface area contributed by atoms with E-state index in [9.17, 15) is 9.59 Å². The number of carbonyl (C=O) groups excluding carboxylic acids is 2. The van der Waals surface area contributed by atoms with Gasteiger partial charge in [0, 0.05) is 29.0 Å². The highest BCUT2D eigenvalue weighted by molar-refractivity contribution is 7.99. The smallest absolute Gasteiger partial charge is 0.272 e. The standard InChI is InChI=1S/C20H19ClN6O2S/c1-12-2-3-13(21)8-16(12)25-18(28)10-30-19-9-17(22-11-23-19)27-7-6-15(26-27)20(29)24-14-4-5-14/h2-3,6-9,11,14H,4-5,10H2,1H3,(H,24,29)(H,25,28). The van der Waals surface area contributed by atoms with Crippen molar-refractivity contribution in [2.45, 2.75) is 30.8 Å². The molecule has 0 bridgehead atoms. The Morgan fingerprint density at radius 2 is 2.07 bits per heavy atom. The molecular weight excluding hydrogens is 424 g/mol. The molecule has 0 aliphatic heterocycles. The average Bonchev–Trinajstić information content (AvgIpc) is 3.40. The van der Waals surface area contributed by atoms with Gasteiger partial charge < -0.3 is 10.6 Å². The normalized spacial score (nSPS) is 13.1. The second kappa shape index (κ2) is 8.85. The largest absolute Gasteiger partial charge is 0.348 e. The molecule has 4 rings (SSSR count). The molecule has 0 saturated heterocycles. The van der Waals surface area contributed by atoms with Gasteiger partial charge in [0.05, 0.1) is 5.75 Å². The molecule has 0 unspecified atom stereocenters. The van der Waals surface area contributed by atoms with Gasteiger partial charge in [0.1, 0.15) is 11.4 Å². The van der Waals surface area contributed by atoms with Crippen LogP contribution in [-0.2, 0) is 4.79 Å². The number of halogens is 1. The summed E-state index contributed by atoms with van der Waals surface area (Å²) in [5.74, 6) is 0.344. The summed E-state index contributed by atoms with van der Waals surface area (Å²) in [5.41, 5.74) is 1.96. The van der Waals surface area contributed by atoms with E-state index in [-0.39, 0.29) is 23.6 Å². The van der Waals surface area contributed by atoms with Gasteiger partial charge in [0.2, 0.25) is 5.91 Å². The van der Waals surface area contributed by atoms with Crippen molar-refractivity contribution in [1.82, 2.24) is 25.1 Å². The van der Waals surface area contributed by atoms with Crippen molar-refractivity contribution in [3.8, 4) is 5.82 Å². The molecule has 1 saturated carbocycles. The van der Waals surface area contributed by atoms with Crippen LogP contribution in [0.5, 0.6) is 0 Å². The van der Waals surface area contributed by atoms with Crippen LogP contribution in [0.15, 0.2) is 47.9 Å². The molecule has 0 radical (unpaired) electrons. The maximum atomic E-state index is 12.3. The zero-order valence-electron chi connectivity index (χ0n) is 16.1. The maximum Gasteiger partial charge on any atom is 0.272 e. The molecule has 3 aromatic rings. The van der Waals surface area contributed by atoms with Gasteiger partial charge in [0.25, 0.3) is 5.91 Å². The topological polar surface area (TPSA) is 102 Å². The maximum absolute atomic E-state index is 12.3. The van der Waals surface area contributed by atoms with Crippen LogP contribution in [0.3, 0.4) is 0 Å². The molecule has 2 heterocycles. The average molecular weight is 443 g/mol. The van der Waals surface area contributed by atoms with Crippen LogP contribution in [0.2, 0.25) is 5.02 Å². The van der Waals surface area contributed by atoms with E-state index < -0.39 is 0 Å². The SMILES string of the molecule is Cc1ccc(Cl)cc1NC(=O)CSc1cc(-n2ccc(C(=O)NC3CC3)n2)ncn1. The number of thioether (sulfide) groups is 1. The second-order valence-electron chi connectivity index (χ2n) is 6.90. The number of anilines is 1. The van der Waals surface area contributed by atoms with Crippen LogP contribution in [0.1, 0.15) is 28.9 Å². The van der Waals surface area contributed by atoms with Crippen molar-refractivity contribution >= 4 is 40.9 Å². The van der Waals surface area contributed by atoms with Crippen molar-refractivity contribution in [1.29, 1.82) is 0 Å². The predicted octanol–water partition coefficient (Wildman–Crippen LogP) is 3.25. The van der Waals surface area contributed by atoms with Crippen molar-refractivity contribution in [3.05, 3.63) is 59.1 Å². The Bertz CT molecular complexity index is 1100. The van der Waals surface area contributed by atoms with Gasteiger partial charge in [-0.3, -0.25) is 9.59 Å². The Labute approximate surface area is 182 Å². The number of nitrogens with zero attached hydrogens (tertiary/aromatic N) is 4. The van der Waals surface area contributed by atoms with Crippen LogP contribution >= 0.6 is 23.4 Å². The summed E-state index contributed by atoms with van der Waals surface area (Å²) in [6, 6.07) is 8.99. The van der Waals surface area contributed by atoms with E-state index in [2.05, 4.69) is 25.7 Å². The summed E-state index contributed by atoms with van der Waals surface area (Å²) in [6.45, 7) is 1.90. The van der Waals surface area contributed by atoms with Gasteiger partial charge in [-0.2, -0.15) is 5.10 Å². The van der Waals surface area contributed by atoms with Crippen LogP contribution in [-0.4, -0.2) is 43.4 Å². The molecule has 2 N–H and O–H groups in total. The molecule has 10 heteroatoms. The van der Waals surface area contributed by atoms with E-state index in [0.29, 0.717) is 27.2 Å². The fourth-order valence-corrected chi connectivity index (χ4v) is 3.48. The summed E-state index contributed by atoms with van der Waals surface area (Å²) in [6.07, 6.45) is 5.11. The number of aryl methyl sites for hydroxylation is 1. The van der Waals surface area contributed by atoms with E-state index in [1.165, 1.54) is 22.8 Å². The lowest BCUT2D eigenvalue weighted by Crippen LogP contribution is -2.25. The third-order valence-electron chi connectivity index (χ3n) is 4.42. The fourth-order valence-electron chi connectivity index (χ4n) is 2.65. The number of nitrogens with one attached hydrogen (secondary N) is 2. The summed E-state index contributed by atoms with van der Waals surface area (Å²) in [7, 11) is 0. The van der Waals surface area contributed by atoms with Crippen LogP contribution < -0.4 is 10.6 Å². The zero-order chi connectivity index (χ0) is 21.1. The van der Waals surface area contributed by atoms with Crippen molar-refractivity contribution in [2.24, 2.45) is 0 Å². The molecule has 2 aromatic heterocycles. The highest BCUT2D eigenvalue weighted by Crippen LogP contribution is 2.22. The molecule has 8 nitrogen and oxygen atoms in total. The lowest BCUT2D eigenvalue weighted by atomic mass is 10.2. The molecule has 1 aliphatic rings. The molecule has 30 heavy (non-hydrogen) atoms. The lowest BCUT2D eigenvalue weighted by molar-refractivity contribution is -0.113. The van der Waals surface area contributed by atoms with Crippen molar-refractivity contribution < 1.29 is 9.59 Å². The van der Waals surface area contributed by atoms with Crippen LogP contribution in [0.4, 0.5) is 5.69 Å². The first kappa shape index (κ1) is 20.4. The first-order valence-electron chi connectivity index (χ1n) is 9.36. The van der Waals surface area contributed by atoms with Gasteiger partial charge in [-0.05, 0) is 43.5 Å². The molecule has 1 fully saturated rings. The summed E-state index contributed by atoms with van der Waals surface area (Å²) >= 11 is 7.27. The third-order valence-corrected chi connectivity index (χ3v) is 5.58. The fraction of sp³-hybridized carbons (Fsp3) is 0.250. The van der Waals surface area contributed by atoms with Gasteiger partial charge in [0.15, 0.2) is 11.5 Å². The predicted molar refractivity (Wildman–Crippen MR) is 115 cm³/mol. The van der Waals surface area contributed by atoms with E-state index in [1.807, 2.05) is 13.0 Å². The number of carbonyl (C=O) groups is 2. The molecule has 1 aromatic carbocycles. The number of rotatable bonds is 7. The number of aromatic nitrogens is 4. The number of hydrogen-bond acceptors (Lipinski definition) is 6. The van der Waals surface area contributed by atoms with Gasteiger partial charge in [-0.1, -0.05) is 29.4 Å². The lowest BCUT2D eigenvalue weighted by Gasteiger charge is -2.09. The third kappa shape index (κ3) is 5.17. The molecular formula is C20H19ClN6O2S. The summed E-state index contributed by atoms with van der Waals surface area (Å²) in [4.78, 5) is 32.8. The minimum Gasteiger partial charge on any atom is -0.348 e. The first-order chi connectivity index (χ1) is 14.5. The quantitative estimate of drug-likeness (QED) is 0.430. The highest BCUT2D eigenvalue weighted by Gasteiger charge is 2.24. The molecule has 2 amide bonds. The Balaban J connectivity index is 1.37.